The van der Waals surface area contributed by atoms with E-state index in [9.17, 15) is 9.59 Å². The smallest absolute Gasteiger partial charge is 0.259 e. The molecule has 0 unspecified atom stereocenters. The Morgan fingerprint density at radius 1 is 0.971 bits per heavy atom. The van der Waals surface area contributed by atoms with Crippen LogP contribution in [0.25, 0.3) is 22.8 Å². The van der Waals surface area contributed by atoms with E-state index in [0.29, 0.717) is 28.6 Å². The van der Waals surface area contributed by atoms with Crippen LogP contribution in [0, 0.1) is 0 Å². The number of carbonyl (C=O) groups excluding carboxylic acids is 1. The highest BCUT2D eigenvalue weighted by Gasteiger charge is 2.14. The van der Waals surface area contributed by atoms with Gasteiger partial charge in [-0.2, -0.15) is 4.98 Å². The molecular weight excluding hydrogens is 452 g/mol. The van der Waals surface area contributed by atoms with E-state index < -0.39 is 0 Å². The molecule has 0 aliphatic heterocycles. The van der Waals surface area contributed by atoms with Crippen molar-refractivity contribution in [3.05, 3.63) is 76.7 Å². The number of hydrogen-bond donors (Lipinski definition) is 1. The third kappa shape index (κ3) is 5.32. The average molecular weight is 476 g/mol. The molecule has 0 radical (unpaired) electrons. The van der Waals surface area contributed by atoms with Crippen LogP contribution in [-0.2, 0) is 17.9 Å². The van der Waals surface area contributed by atoms with Gasteiger partial charge in [-0.3, -0.25) is 9.59 Å². The van der Waals surface area contributed by atoms with Crippen LogP contribution in [0.2, 0.25) is 0 Å². The highest BCUT2D eigenvalue weighted by Crippen LogP contribution is 2.30. The van der Waals surface area contributed by atoms with Gasteiger partial charge in [-0.05, 0) is 36.4 Å². The monoisotopic (exact) mass is 476 g/mol. The van der Waals surface area contributed by atoms with E-state index in [1.807, 2.05) is 18.2 Å². The summed E-state index contributed by atoms with van der Waals surface area (Å²) in [6.07, 6.45) is 1.51. The summed E-state index contributed by atoms with van der Waals surface area (Å²) in [6.45, 7) is 0.0287. The molecule has 0 atom stereocenters. The molecule has 4 aromatic rings. The van der Waals surface area contributed by atoms with E-state index in [0.717, 1.165) is 11.1 Å². The number of rotatable bonds is 9. The van der Waals surface area contributed by atoms with Crippen molar-refractivity contribution in [2.45, 2.75) is 13.1 Å². The fourth-order valence-corrected chi connectivity index (χ4v) is 3.48. The number of methoxy groups -OCH3 is 3. The number of para-hydroxylation sites is 1. The standard InChI is InChI=1S/C25H24N4O6/c1-32-19-10-7-16(8-11-19)24-27-25(35-28-24)18-9-12-22(31)29(14-18)15-21(30)26-13-17-5-4-6-20(33-2)23(17)34-3/h4-12,14H,13,15H2,1-3H3,(H,26,30). The van der Waals surface area contributed by atoms with Crippen molar-refractivity contribution in [3.8, 4) is 40.1 Å². The van der Waals surface area contributed by atoms with E-state index in [1.54, 1.807) is 44.6 Å². The van der Waals surface area contributed by atoms with E-state index in [4.69, 9.17) is 18.7 Å². The third-order valence-corrected chi connectivity index (χ3v) is 5.28. The topological polar surface area (TPSA) is 118 Å². The van der Waals surface area contributed by atoms with Crippen LogP contribution in [0.5, 0.6) is 17.2 Å². The van der Waals surface area contributed by atoms with Gasteiger partial charge in [0.05, 0.1) is 26.9 Å². The number of aromatic nitrogens is 3. The van der Waals surface area contributed by atoms with E-state index in [1.165, 1.54) is 23.9 Å². The molecule has 2 aromatic heterocycles. The number of amides is 1. The molecule has 0 saturated heterocycles. The second kappa shape index (κ2) is 10.6. The molecule has 1 amide bonds. The SMILES string of the molecule is COc1ccc(-c2noc(-c3ccc(=O)n(CC(=O)NCc4cccc(OC)c4OC)c3)n2)cc1. The van der Waals surface area contributed by atoms with Crippen LogP contribution in [-0.4, -0.2) is 41.9 Å². The molecule has 2 aromatic carbocycles. The Balaban J connectivity index is 1.47. The minimum atomic E-state index is -0.349. The summed E-state index contributed by atoms with van der Waals surface area (Å²) in [5, 5.41) is 6.81. The molecule has 4 rings (SSSR count). The average Bonchev–Trinajstić information content (AvgIpc) is 3.38. The van der Waals surface area contributed by atoms with Crippen molar-refractivity contribution < 1.29 is 23.5 Å². The van der Waals surface area contributed by atoms with Crippen molar-refractivity contribution in [1.82, 2.24) is 20.0 Å². The highest BCUT2D eigenvalue weighted by atomic mass is 16.5. The predicted molar refractivity (Wildman–Crippen MR) is 127 cm³/mol. The van der Waals surface area contributed by atoms with Gasteiger partial charge in [0, 0.05) is 29.9 Å². The second-order valence-corrected chi connectivity index (χ2v) is 7.46. The maximum atomic E-state index is 12.6. The van der Waals surface area contributed by atoms with Gasteiger partial charge in [0.25, 0.3) is 11.4 Å². The molecule has 10 nitrogen and oxygen atoms in total. The van der Waals surface area contributed by atoms with Crippen LogP contribution in [0.3, 0.4) is 0 Å². The summed E-state index contributed by atoms with van der Waals surface area (Å²) in [7, 11) is 4.67. The summed E-state index contributed by atoms with van der Waals surface area (Å²) in [4.78, 5) is 29.3. The molecule has 0 saturated carbocycles. The Bertz CT molecular complexity index is 1380. The second-order valence-electron chi connectivity index (χ2n) is 7.46. The molecule has 1 N–H and O–H groups in total. The molecule has 35 heavy (non-hydrogen) atoms. The van der Waals surface area contributed by atoms with Crippen LogP contribution in [0.4, 0.5) is 0 Å². The molecule has 0 aliphatic carbocycles. The van der Waals surface area contributed by atoms with Crippen molar-refractivity contribution in [3.63, 3.8) is 0 Å². The quantitative estimate of drug-likeness (QED) is 0.392. The van der Waals surface area contributed by atoms with Gasteiger partial charge < -0.3 is 28.6 Å². The van der Waals surface area contributed by atoms with Gasteiger partial charge in [-0.1, -0.05) is 17.3 Å². The van der Waals surface area contributed by atoms with Crippen molar-refractivity contribution in [2.24, 2.45) is 0 Å². The lowest BCUT2D eigenvalue weighted by molar-refractivity contribution is -0.121. The van der Waals surface area contributed by atoms with Gasteiger partial charge in [-0.15, -0.1) is 0 Å². The molecule has 0 fully saturated rings. The highest BCUT2D eigenvalue weighted by molar-refractivity contribution is 5.76. The maximum absolute atomic E-state index is 12.6. The van der Waals surface area contributed by atoms with Crippen LogP contribution in [0.1, 0.15) is 5.56 Å². The third-order valence-electron chi connectivity index (χ3n) is 5.28. The zero-order chi connectivity index (χ0) is 24.8. The van der Waals surface area contributed by atoms with E-state index in [2.05, 4.69) is 15.5 Å². The molecule has 10 heteroatoms. The summed E-state index contributed by atoms with van der Waals surface area (Å²) in [5.41, 5.74) is 1.68. The Labute approximate surface area is 201 Å². The number of nitrogens with one attached hydrogen (secondary N) is 1. The summed E-state index contributed by atoms with van der Waals surface area (Å²) < 4.78 is 22.5. The van der Waals surface area contributed by atoms with Crippen LogP contribution in [0.15, 0.2) is 70.1 Å². The Kier molecular flexibility index (Phi) is 7.10. The van der Waals surface area contributed by atoms with Gasteiger partial charge in [0.1, 0.15) is 12.3 Å². The number of pyridine rings is 1. The number of benzene rings is 2. The Hall–Kier alpha value is -4.60. The normalized spacial score (nSPS) is 10.6. The van der Waals surface area contributed by atoms with Crippen LogP contribution < -0.4 is 25.1 Å². The van der Waals surface area contributed by atoms with Gasteiger partial charge >= 0.3 is 0 Å². The van der Waals surface area contributed by atoms with Crippen LogP contribution >= 0.6 is 0 Å². The first-order valence-corrected chi connectivity index (χ1v) is 10.7. The molecule has 0 bridgehead atoms. The first-order valence-electron chi connectivity index (χ1n) is 10.7. The lowest BCUT2D eigenvalue weighted by Gasteiger charge is -2.13. The summed E-state index contributed by atoms with van der Waals surface area (Å²) in [6, 6.07) is 15.6. The first kappa shape index (κ1) is 23.6. The number of nitrogens with zero attached hydrogens (tertiary/aromatic N) is 3. The molecule has 180 valence electrons. The maximum Gasteiger partial charge on any atom is 0.259 e. The van der Waals surface area contributed by atoms with E-state index >= 15 is 0 Å². The number of carbonyl (C=O) groups is 1. The Morgan fingerprint density at radius 2 is 1.74 bits per heavy atom. The zero-order valence-electron chi connectivity index (χ0n) is 19.5. The van der Waals surface area contributed by atoms with Crippen molar-refractivity contribution >= 4 is 5.91 Å². The largest absolute Gasteiger partial charge is 0.497 e. The minimum Gasteiger partial charge on any atom is -0.497 e. The summed E-state index contributed by atoms with van der Waals surface area (Å²) >= 11 is 0. The molecule has 0 aliphatic rings. The predicted octanol–water partition coefficient (Wildman–Crippen LogP) is 2.91. The number of hydrogen-bond acceptors (Lipinski definition) is 8. The summed E-state index contributed by atoms with van der Waals surface area (Å²) in [5.74, 6) is 2.10. The van der Waals surface area contributed by atoms with E-state index in [-0.39, 0.29) is 30.4 Å². The minimum absolute atomic E-state index is 0.182. The molecule has 2 heterocycles. The number of ether oxygens (including phenoxy) is 3. The lowest BCUT2D eigenvalue weighted by atomic mass is 10.2. The first-order chi connectivity index (χ1) is 17.0. The fraction of sp³-hybridized carbons (Fsp3) is 0.200. The fourth-order valence-electron chi connectivity index (χ4n) is 3.48. The van der Waals surface area contributed by atoms with Gasteiger partial charge in [0.15, 0.2) is 11.5 Å². The zero-order valence-corrected chi connectivity index (χ0v) is 19.5. The van der Waals surface area contributed by atoms with Gasteiger partial charge in [-0.25, -0.2) is 0 Å². The van der Waals surface area contributed by atoms with Crippen molar-refractivity contribution in [1.29, 1.82) is 0 Å². The van der Waals surface area contributed by atoms with Crippen molar-refractivity contribution in [2.75, 3.05) is 21.3 Å². The molecular formula is C25H24N4O6. The lowest BCUT2D eigenvalue weighted by Crippen LogP contribution is -2.31. The van der Waals surface area contributed by atoms with Gasteiger partial charge in [0.2, 0.25) is 11.7 Å². The molecule has 0 spiro atoms. The Morgan fingerprint density at radius 3 is 2.46 bits per heavy atom.